The van der Waals surface area contributed by atoms with Crippen LogP contribution in [0.25, 0.3) is 0 Å². The van der Waals surface area contributed by atoms with Crippen LogP contribution in [0.15, 0.2) is 0 Å². The van der Waals surface area contributed by atoms with Crippen molar-refractivity contribution in [2.75, 3.05) is 20.3 Å². The Morgan fingerprint density at radius 2 is 1.90 bits per heavy atom. The Kier molecular flexibility index (Phi) is 5.38. The second kappa shape index (κ2) is 5.15. The third-order valence-corrected chi connectivity index (χ3v) is 1.91. The van der Waals surface area contributed by atoms with Crippen LogP contribution in [0.5, 0.6) is 0 Å². The van der Waals surface area contributed by atoms with Gasteiger partial charge >= 0.3 is 17.9 Å². The lowest BCUT2D eigenvalue weighted by Crippen LogP contribution is -1.98. The molecule has 0 radical (unpaired) electrons. The van der Waals surface area contributed by atoms with Gasteiger partial charge in [0.25, 0.3) is 0 Å². The second-order valence-electron chi connectivity index (χ2n) is 1.40. The van der Waals surface area contributed by atoms with Crippen LogP contribution in [0.2, 0.25) is 0 Å². The van der Waals surface area contributed by atoms with Crippen molar-refractivity contribution >= 4 is 17.9 Å². The maximum absolute atomic E-state index is 8.34. The molecule has 0 spiro atoms. The second-order valence-corrected chi connectivity index (χ2v) is 4.73. The topological polar surface area (TPSA) is 79.2 Å². The van der Waals surface area contributed by atoms with Gasteiger partial charge < -0.3 is 4.74 Å². The average Bonchev–Trinajstić information content (AvgIpc) is 1.78. The molecule has 0 amide bonds. The summed E-state index contributed by atoms with van der Waals surface area (Å²) in [6.07, 6.45) is 0. The number of hydrogen-bond donors (Lipinski definition) is 3. The van der Waals surface area contributed by atoms with Gasteiger partial charge in [0, 0.05) is 7.11 Å². The smallest absolute Gasteiger partial charge is 0.382 e. The molecule has 0 aromatic heterocycles. The van der Waals surface area contributed by atoms with Crippen LogP contribution in [0.3, 0.4) is 0 Å². The molecular formula is C3H10O5PS+. The Morgan fingerprint density at radius 1 is 1.30 bits per heavy atom. The van der Waals surface area contributed by atoms with Crippen molar-refractivity contribution < 1.29 is 23.6 Å². The van der Waals surface area contributed by atoms with E-state index in [1.807, 2.05) is 0 Å². The quantitative estimate of drug-likeness (QED) is 0.236. The van der Waals surface area contributed by atoms with E-state index in [4.69, 9.17) is 14.7 Å². The number of methoxy groups -OCH3 is 1. The summed E-state index contributed by atoms with van der Waals surface area (Å²) < 4.78 is 9.12. The van der Waals surface area contributed by atoms with E-state index in [1.165, 1.54) is 7.11 Å². The van der Waals surface area contributed by atoms with Crippen LogP contribution in [-0.2, 0) is 20.1 Å². The Morgan fingerprint density at radius 3 is 2.30 bits per heavy atom. The molecule has 0 aromatic carbocycles. The van der Waals surface area contributed by atoms with E-state index in [1.54, 1.807) is 0 Å². The minimum absolute atomic E-state index is 0.213. The van der Waals surface area contributed by atoms with Crippen molar-refractivity contribution in [1.29, 1.82) is 0 Å². The fourth-order valence-electron chi connectivity index (χ4n) is 0.225. The van der Waals surface area contributed by atoms with Gasteiger partial charge in [0.1, 0.15) is 6.61 Å². The van der Waals surface area contributed by atoms with Crippen molar-refractivity contribution in [3.8, 4) is 0 Å². The Labute approximate surface area is 62.6 Å². The zero-order chi connectivity index (χ0) is 8.04. The zero-order valence-electron chi connectivity index (χ0n) is 5.43. The fraction of sp³-hybridized carbons (Fsp3) is 1.00. The third kappa shape index (κ3) is 8.45. The van der Waals surface area contributed by atoms with Crippen molar-refractivity contribution in [3.05, 3.63) is 0 Å². The monoisotopic (exact) mass is 189 g/mol. The molecule has 5 nitrogen and oxygen atoms in total. The standard InChI is InChI=1S/C3H10O5PS/c1-7-2-3-8-10-9(4,5)6/h4-6H,2-3H2,1H3/q+1. The van der Waals surface area contributed by atoms with Crippen LogP contribution in [0.1, 0.15) is 0 Å². The van der Waals surface area contributed by atoms with E-state index in [9.17, 15) is 0 Å². The van der Waals surface area contributed by atoms with E-state index < -0.39 is 6.72 Å². The first-order valence-electron chi connectivity index (χ1n) is 2.43. The molecule has 10 heavy (non-hydrogen) atoms. The first-order valence-corrected chi connectivity index (χ1v) is 5.43. The third-order valence-electron chi connectivity index (χ3n) is 0.523. The van der Waals surface area contributed by atoms with E-state index in [0.717, 1.165) is 0 Å². The SMILES string of the molecule is COCCO[S+]=P(O)(O)O. The van der Waals surface area contributed by atoms with Gasteiger partial charge in [-0.2, -0.15) is 0 Å². The largest absolute Gasteiger partial charge is 0.560 e. The summed E-state index contributed by atoms with van der Waals surface area (Å²) in [4.78, 5) is 25.0. The molecule has 0 aliphatic rings. The summed E-state index contributed by atoms with van der Waals surface area (Å²) in [5.74, 6) is 0. The molecule has 0 saturated carbocycles. The van der Waals surface area contributed by atoms with E-state index in [-0.39, 0.29) is 17.8 Å². The van der Waals surface area contributed by atoms with Gasteiger partial charge in [0.05, 0.1) is 6.61 Å². The van der Waals surface area contributed by atoms with Crippen molar-refractivity contribution in [1.82, 2.24) is 0 Å². The summed E-state index contributed by atoms with van der Waals surface area (Å²) in [7, 11) is 1.49. The first-order chi connectivity index (χ1) is 4.56. The van der Waals surface area contributed by atoms with Gasteiger partial charge in [-0.1, -0.05) is 4.18 Å². The van der Waals surface area contributed by atoms with Gasteiger partial charge in [0.15, 0.2) is 0 Å². The number of ether oxygens (including phenoxy) is 1. The minimum atomic E-state index is -3.82. The van der Waals surface area contributed by atoms with Gasteiger partial charge in [-0.15, -0.1) is 0 Å². The maximum atomic E-state index is 8.34. The predicted molar refractivity (Wildman–Crippen MR) is 38.8 cm³/mol. The van der Waals surface area contributed by atoms with E-state index in [2.05, 4.69) is 8.92 Å². The molecule has 0 aromatic rings. The molecule has 0 aliphatic heterocycles. The lowest BCUT2D eigenvalue weighted by atomic mass is 10.8. The normalized spacial score (nSPS) is 11.6. The van der Waals surface area contributed by atoms with Gasteiger partial charge in [-0.3, -0.25) is 14.7 Å². The highest BCUT2D eigenvalue weighted by Crippen LogP contribution is 2.30. The molecule has 0 unspecified atom stereocenters. The van der Waals surface area contributed by atoms with Gasteiger partial charge in [0.2, 0.25) is 0 Å². The Balaban J connectivity index is 3.35. The van der Waals surface area contributed by atoms with Crippen LogP contribution in [0.4, 0.5) is 0 Å². The summed E-state index contributed by atoms with van der Waals surface area (Å²) >= 11 is 0.271. The number of rotatable bonds is 4. The first kappa shape index (κ1) is 10.4. The highest BCUT2D eigenvalue weighted by atomic mass is 32.5. The Bertz CT molecular complexity index is 123. The molecular weight excluding hydrogens is 179 g/mol. The lowest BCUT2D eigenvalue weighted by molar-refractivity contribution is 0.157. The highest BCUT2D eigenvalue weighted by Gasteiger charge is 2.21. The molecule has 7 heteroatoms. The molecule has 3 N–H and O–H groups in total. The zero-order valence-corrected chi connectivity index (χ0v) is 7.14. The van der Waals surface area contributed by atoms with Crippen molar-refractivity contribution in [2.24, 2.45) is 0 Å². The van der Waals surface area contributed by atoms with Gasteiger partial charge in [-0.25, -0.2) is 0 Å². The van der Waals surface area contributed by atoms with Crippen LogP contribution in [0, 0.1) is 0 Å². The van der Waals surface area contributed by atoms with Crippen LogP contribution in [-0.4, -0.2) is 35.0 Å². The van der Waals surface area contributed by atoms with Crippen LogP contribution >= 0.6 is 6.72 Å². The lowest BCUT2D eigenvalue weighted by Gasteiger charge is -1.88. The minimum Gasteiger partial charge on any atom is -0.382 e. The predicted octanol–water partition coefficient (Wildman–Crippen LogP) is -0.698. The molecule has 0 rings (SSSR count). The summed E-state index contributed by atoms with van der Waals surface area (Å²) in [5.41, 5.74) is 0. The highest BCUT2D eigenvalue weighted by molar-refractivity contribution is 8.13. The number of hydrogen-bond acceptors (Lipinski definition) is 2. The van der Waals surface area contributed by atoms with E-state index in [0.29, 0.717) is 6.61 Å². The summed E-state index contributed by atoms with van der Waals surface area (Å²) in [6, 6.07) is 0. The molecule has 0 saturated heterocycles. The molecule has 62 valence electrons. The van der Waals surface area contributed by atoms with Crippen molar-refractivity contribution in [3.63, 3.8) is 0 Å². The van der Waals surface area contributed by atoms with Crippen molar-refractivity contribution in [2.45, 2.75) is 0 Å². The molecule has 0 heterocycles. The van der Waals surface area contributed by atoms with Crippen LogP contribution < -0.4 is 0 Å². The summed E-state index contributed by atoms with van der Waals surface area (Å²) in [6.45, 7) is -3.25. The molecule has 0 atom stereocenters. The molecule has 0 aliphatic carbocycles. The summed E-state index contributed by atoms with van der Waals surface area (Å²) in [5, 5.41) is 0. The molecule has 0 fully saturated rings. The maximum Gasteiger partial charge on any atom is 0.560 e. The van der Waals surface area contributed by atoms with Gasteiger partial charge in [-0.05, 0) is 0 Å². The van der Waals surface area contributed by atoms with E-state index >= 15 is 0 Å². The Hall–Kier alpha value is 0.450. The fourth-order valence-corrected chi connectivity index (χ4v) is 1.16. The molecule has 0 bridgehead atoms. The average molecular weight is 189 g/mol.